The molecule has 0 radical (unpaired) electrons. The van der Waals surface area contributed by atoms with Crippen LogP contribution in [-0.4, -0.2) is 0 Å². The third kappa shape index (κ3) is 2.88. The second kappa shape index (κ2) is 5.33. The second-order valence-corrected chi connectivity index (χ2v) is 5.98. The molecule has 0 aliphatic carbocycles. The molecule has 1 atom stereocenters. The molecule has 20 heavy (non-hydrogen) atoms. The lowest BCUT2D eigenvalue weighted by Crippen LogP contribution is -2.21. The molecule has 0 aromatic heterocycles. The van der Waals surface area contributed by atoms with Crippen molar-refractivity contribution in [1.29, 1.82) is 0 Å². The van der Waals surface area contributed by atoms with Gasteiger partial charge in [0.05, 0.1) is 6.04 Å². The van der Waals surface area contributed by atoms with Crippen LogP contribution in [0.5, 0.6) is 0 Å². The summed E-state index contributed by atoms with van der Waals surface area (Å²) >= 11 is 0. The van der Waals surface area contributed by atoms with Gasteiger partial charge in [-0.1, -0.05) is 45.0 Å². The second-order valence-electron chi connectivity index (χ2n) is 5.98. The quantitative estimate of drug-likeness (QED) is 0.868. The predicted octanol–water partition coefficient (Wildman–Crippen LogP) is 4.31. The average Bonchev–Trinajstić information content (AvgIpc) is 2.40. The van der Waals surface area contributed by atoms with Crippen molar-refractivity contribution < 1.29 is 8.78 Å². The minimum Gasteiger partial charge on any atom is -0.320 e. The standard InChI is InChI=1S/C17H19F2N/c1-17(2,3)14-7-5-4-6-12(14)16(20)13-10-11(18)8-9-15(13)19/h4-10,16H,20H2,1-3H3. The summed E-state index contributed by atoms with van der Waals surface area (Å²) in [5.74, 6) is -0.965. The van der Waals surface area contributed by atoms with Crippen LogP contribution in [0.4, 0.5) is 8.78 Å². The lowest BCUT2D eigenvalue weighted by atomic mass is 9.81. The summed E-state index contributed by atoms with van der Waals surface area (Å²) in [4.78, 5) is 0. The fourth-order valence-corrected chi connectivity index (χ4v) is 2.37. The van der Waals surface area contributed by atoms with Crippen LogP contribution in [0.3, 0.4) is 0 Å². The first-order valence-electron chi connectivity index (χ1n) is 6.60. The minimum absolute atomic E-state index is 0.113. The Hall–Kier alpha value is -1.74. The summed E-state index contributed by atoms with van der Waals surface area (Å²) in [6.45, 7) is 6.21. The van der Waals surface area contributed by atoms with E-state index in [2.05, 4.69) is 20.8 Å². The summed E-state index contributed by atoms with van der Waals surface area (Å²) in [6, 6.07) is 10.3. The van der Waals surface area contributed by atoms with E-state index in [1.807, 2.05) is 24.3 Å². The van der Waals surface area contributed by atoms with Crippen molar-refractivity contribution in [3.05, 3.63) is 70.8 Å². The van der Waals surface area contributed by atoms with Crippen molar-refractivity contribution in [2.75, 3.05) is 0 Å². The van der Waals surface area contributed by atoms with Crippen molar-refractivity contribution in [2.24, 2.45) is 5.73 Å². The van der Waals surface area contributed by atoms with Crippen LogP contribution in [0, 0.1) is 11.6 Å². The third-order valence-corrected chi connectivity index (χ3v) is 3.40. The van der Waals surface area contributed by atoms with Crippen LogP contribution in [0.15, 0.2) is 42.5 Å². The van der Waals surface area contributed by atoms with Gasteiger partial charge in [0.2, 0.25) is 0 Å². The fraction of sp³-hybridized carbons (Fsp3) is 0.294. The molecular formula is C17H19F2N. The summed E-state index contributed by atoms with van der Waals surface area (Å²) in [7, 11) is 0. The van der Waals surface area contributed by atoms with Gasteiger partial charge < -0.3 is 5.73 Å². The Labute approximate surface area is 118 Å². The average molecular weight is 275 g/mol. The first-order valence-corrected chi connectivity index (χ1v) is 6.60. The van der Waals surface area contributed by atoms with Crippen molar-refractivity contribution in [2.45, 2.75) is 32.2 Å². The Kier molecular flexibility index (Phi) is 3.91. The molecule has 0 heterocycles. The Bertz CT molecular complexity index is 615. The highest BCUT2D eigenvalue weighted by Gasteiger charge is 2.23. The van der Waals surface area contributed by atoms with Gasteiger partial charge in [-0.05, 0) is 34.7 Å². The molecule has 0 saturated carbocycles. The molecule has 2 rings (SSSR count). The monoisotopic (exact) mass is 275 g/mol. The van der Waals surface area contributed by atoms with Crippen molar-refractivity contribution in [1.82, 2.24) is 0 Å². The van der Waals surface area contributed by atoms with Gasteiger partial charge in [0.25, 0.3) is 0 Å². The van der Waals surface area contributed by atoms with E-state index in [0.29, 0.717) is 0 Å². The normalized spacial score (nSPS) is 13.3. The van der Waals surface area contributed by atoms with Crippen LogP contribution in [0.25, 0.3) is 0 Å². The maximum absolute atomic E-state index is 13.9. The lowest BCUT2D eigenvalue weighted by molar-refractivity contribution is 0.560. The van der Waals surface area contributed by atoms with E-state index < -0.39 is 17.7 Å². The van der Waals surface area contributed by atoms with Crippen molar-refractivity contribution in [3.63, 3.8) is 0 Å². The Balaban J connectivity index is 2.54. The zero-order valence-electron chi connectivity index (χ0n) is 12.0. The Morgan fingerprint density at radius 1 is 0.950 bits per heavy atom. The molecule has 1 unspecified atom stereocenters. The van der Waals surface area contributed by atoms with E-state index in [1.165, 1.54) is 6.07 Å². The zero-order valence-corrected chi connectivity index (χ0v) is 12.0. The number of hydrogen-bond donors (Lipinski definition) is 1. The van der Waals surface area contributed by atoms with E-state index >= 15 is 0 Å². The van der Waals surface area contributed by atoms with Gasteiger partial charge in [-0.25, -0.2) is 8.78 Å². The predicted molar refractivity (Wildman–Crippen MR) is 77.5 cm³/mol. The number of benzene rings is 2. The molecule has 2 aromatic carbocycles. The highest BCUT2D eigenvalue weighted by Crippen LogP contribution is 2.32. The topological polar surface area (TPSA) is 26.0 Å². The van der Waals surface area contributed by atoms with Gasteiger partial charge in [0.15, 0.2) is 0 Å². The summed E-state index contributed by atoms with van der Waals surface area (Å²) in [5, 5.41) is 0. The number of nitrogens with two attached hydrogens (primary N) is 1. The molecule has 0 aliphatic heterocycles. The first-order chi connectivity index (χ1) is 9.30. The van der Waals surface area contributed by atoms with E-state index in [-0.39, 0.29) is 11.0 Å². The summed E-state index contributed by atoms with van der Waals surface area (Å²) < 4.78 is 27.2. The molecule has 106 valence electrons. The van der Waals surface area contributed by atoms with Crippen LogP contribution < -0.4 is 5.73 Å². The van der Waals surface area contributed by atoms with Crippen molar-refractivity contribution >= 4 is 0 Å². The number of rotatable bonds is 2. The molecule has 0 amide bonds. The minimum atomic E-state index is -0.680. The van der Waals surface area contributed by atoms with E-state index in [9.17, 15) is 8.78 Å². The zero-order chi connectivity index (χ0) is 14.9. The maximum Gasteiger partial charge on any atom is 0.128 e. The lowest BCUT2D eigenvalue weighted by Gasteiger charge is -2.26. The van der Waals surface area contributed by atoms with Gasteiger partial charge >= 0.3 is 0 Å². The Morgan fingerprint density at radius 2 is 1.60 bits per heavy atom. The van der Waals surface area contributed by atoms with Crippen LogP contribution >= 0.6 is 0 Å². The summed E-state index contributed by atoms with van der Waals surface area (Å²) in [5.41, 5.74) is 8.11. The number of hydrogen-bond acceptors (Lipinski definition) is 1. The molecular weight excluding hydrogens is 256 g/mol. The molecule has 3 heteroatoms. The molecule has 0 spiro atoms. The van der Waals surface area contributed by atoms with Gasteiger partial charge in [0, 0.05) is 5.56 Å². The molecule has 0 saturated heterocycles. The first kappa shape index (κ1) is 14.7. The fourth-order valence-electron chi connectivity index (χ4n) is 2.37. The highest BCUT2D eigenvalue weighted by molar-refractivity contribution is 5.40. The van der Waals surface area contributed by atoms with E-state index in [0.717, 1.165) is 23.3 Å². The molecule has 0 bridgehead atoms. The molecule has 0 fully saturated rings. The smallest absolute Gasteiger partial charge is 0.128 e. The van der Waals surface area contributed by atoms with Gasteiger partial charge in [-0.15, -0.1) is 0 Å². The molecule has 2 N–H and O–H groups in total. The SMILES string of the molecule is CC(C)(C)c1ccccc1C(N)c1cc(F)ccc1F. The van der Waals surface area contributed by atoms with E-state index in [1.54, 1.807) is 0 Å². The molecule has 0 aliphatic rings. The molecule has 2 aromatic rings. The van der Waals surface area contributed by atoms with Crippen molar-refractivity contribution in [3.8, 4) is 0 Å². The van der Waals surface area contributed by atoms with Gasteiger partial charge in [-0.3, -0.25) is 0 Å². The van der Waals surface area contributed by atoms with E-state index in [4.69, 9.17) is 5.73 Å². The maximum atomic E-state index is 13.9. The Morgan fingerprint density at radius 3 is 2.25 bits per heavy atom. The summed E-state index contributed by atoms with van der Waals surface area (Å²) in [6.07, 6.45) is 0. The van der Waals surface area contributed by atoms with Crippen LogP contribution in [0.1, 0.15) is 43.5 Å². The molecule has 1 nitrogen and oxygen atoms in total. The van der Waals surface area contributed by atoms with Crippen LogP contribution in [0.2, 0.25) is 0 Å². The third-order valence-electron chi connectivity index (χ3n) is 3.40. The largest absolute Gasteiger partial charge is 0.320 e. The van der Waals surface area contributed by atoms with Gasteiger partial charge in [-0.2, -0.15) is 0 Å². The number of halogens is 2. The highest BCUT2D eigenvalue weighted by atomic mass is 19.1. The van der Waals surface area contributed by atoms with Crippen LogP contribution in [-0.2, 0) is 5.41 Å². The van der Waals surface area contributed by atoms with Gasteiger partial charge in [0.1, 0.15) is 11.6 Å².